The summed E-state index contributed by atoms with van der Waals surface area (Å²) < 4.78 is 0. The summed E-state index contributed by atoms with van der Waals surface area (Å²) in [6, 6.07) is 0. The maximum absolute atomic E-state index is 5.91. The molecule has 0 aromatic rings. The SMILES string of the molecule is CCCCCCCCCCCCC(N)=C(C)C. The summed E-state index contributed by atoms with van der Waals surface area (Å²) in [5.74, 6) is 0. The molecule has 1 heteroatoms. The van der Waals surface area contributed by atoms with Gasteiger partial charge in [-0.2, -0.15) is 0 Å². The molecule has 0 aromatic carbocycles. The first kappa shape index (κ1) is 16.5. The molecule has 0 unspecified atom stereocenters. The molecule has 0 amide bonds. The lowest BCUT2D eigenvalue weighted by atomic mass is 10.0. The maximum Gasteiger partial charge on any atom is 0.00667 e. The van der Waals surface area contributed by atoms with Gasteiger partial charge in [0, 0.05) is 5.70 Å². The van der Waals surface area contributed by atoms with Gasteiger partial charge in [0.1, 0.15) is 0 Å². The third kappa shape index (κ3) is 11.8. The number of rotatable bonds is 11. The van der Waals surface area contributed by atoms with E-state index in [0.717, 1.165) is 12.1 Å². The standard InChI is InChI=1S/C16H33N/c1-4-5-6-7-8-9-10-11-12-13-14-16(17)15(2)3/h4-14,17H2,1-3H3. The molecule has 0 aliphatic rings. The monoisotopic (exact) mass is 239 g/mol. The fourth-order valence-corrected chi connectivity index (χ4v) is 2.05. The Morgan fingerprint density at radius 3 is 1.53 bits per heavy atom. The molecule has 0 bridgehead atoms. The van der Waals surface area contributed by atoms with E-state index in [1.165, 1.54) is 69.8 Å². The summed E-state index contributed by atoms with van der Waals surface area (Å²) in [7, 11) is 0. The van der Waals surface area contributed by atoms with E-state index in [9.17, 15) is 0 Å². The maximum atomic E-state index is 5.91. The van der Waals surface area contributed by atoms with Crippen LogP contribution in [0.2, 0.25) is 0 Å². The Labute approximate surface area is 109 Å². The summed E-state index contributed by atoms with van der Waals surface area (Å²) in [5.41, 5.74) is 8.30. The van der Waals surface area contributed by atoms with Crippen LogP contribution in [0.15, 0.2) is 11.3 Å². The van der Waals surface area contributed by atoms with E-state index < -0.39 is 0 Å². The molecule has 0 aliphatic carbocycles. The van der Waals surface area contributed by atoms with Crippen molar-refractivity contribution in [1.82, 2.24) is 0 Å². The zero-order valence-electron chi connectivity index (χ0n) is 12.4. The van der Waals surface area contributed by atoms with Gasteiger partial charge in [-0.05, 0) is 26.7 Å². The molecule has 17 heavy (non-hydrogen) atoms. The minimum absolute atomic E-state index is 1.10. The van der Waals surface area contributed by atoms with Crippen LogP contribution in [-0.4, -0.2) is 0 Å². The number of hydrogen-bond acceptors (Lipinski definition) is 1. The van der Waals surface area contributed by atoms with E-state index in [-0.39, 0.29) is 0 Å². The fourth-order valence-electron chi connectivity index (χ4n) is 2.05. The minimum Gasteiger partial charge on any atom is -0.402 e. The van der Waals surface area contributed by atoms with E-state index in [2.05, 4.69) is 20.8 Å². The van der Waals surface area contributed by atoms with Gasteiger partial charge in [-0.1, -0.05) is 70.3 Å². The van der Waals surface area contributed by atoms with E-state index >= 15 is 0 Å². The molecule has 1 nitrogen and oxygen atoms in total. The van der Waals surface area contributed by atoms with Crippen LogP contribution in [0.3, 0.4) is 0 Å². The average molecular weight is 239 g/mol. The molecule has 0 saturated carbocycles. The number of nitrogens with two attached hydrogens (primary N) is 1. The normalized spacial score (nSPS) is 10.5. The van der Waals surface area contributed by atoms with E-state index in [0.29, 0.717) is 0 Å². The zero-order valence-corrected chi connectivity index (χ0v) is 12.4. The highest BCUT2D eigenvalue weighted by Crippen LogP contribution is 2.13. The molecular formula is C16H33N. The van der Waals surface area contributed by atoms with Crippen molar-refractivity contribution in [3.63, 3.8) is 0 Å². The first-order valence-corrected chi connectivity index (χ1v) is 7.60. The molecule has 0 aromatic heterocycles. The van der Waals surface area contributed by atoms with Gasteiger partial charge < -0.3 is 5.73 Å². The fraction of sp³-hybridized carbons (Fsp3) is 0.875. The molecule has 0 radical (unpaired) electrons. The lowest BCUT2D eigenvalue weighted by Crippen LogP contribution is -1.99. The van der Waals surface area contributed by atoms with E-state index in [1.54, 1.807) is 0 Å². The van der Waals surface area contributed by atoms with Crippen LogP contribution < -0.4 is 5.73 Å². The third-order valence-electron chi connectivity index (χ3n) is 3.44. The number of hydrogen-bond donors (Lipinski definition) is 1. The molecule has 2 N–H and O–H groups in total. The first-order chi connectivity index (χ1) is 8.18. The second-order valence-corrected chi connectivity index (χ2v) is 5.46. The Balaban J connectivity index is 3.11. The highest BCUT2D eigenvalue weighted by Gasteiger charge is 1.95. The molecule has 0 fully saturated rings. The van der Waals surface area contributed by atoms with Crippen LogP contribution in [-0.2, 0) is 0 Å². The summed E-state index contributed by atoms with van der Waals surface area (Å²) in [5, 5.41) is 0. The average Bonchev–Trinajstić information content (AvgIpc) is 2.31. The Bertz CT molecular complexity index is 190. The topological polar surface area (TPSA) is 26.0 Å². The molecule has 0 heterocycles. The second kappa shape index (κ2) is 12.0. The smallest absolute Gasteiger partial charge is 0.00667 e. The molecule has 0 rings (SSSR count). The molecule has 102 valence electrons. The largest absolute Gasteiger partial charge is 0.402 e. The molecular weight excluding hydrogens is 206 g/mol. The summed E-state index contributed by atoms with van der Waals surface area (Å²) in [6.07, 6.45) is 15.1. The third-order valence-corrected chi connectivity index (χ3v) is 3.44. The Morgan fingerprint density at radius 1 is 0.706 bits per heavy atom. The van der Waals surface area contributed by atoms with Crippen molar-refractivity contribution in [2.75, 3.05) is 0 Å². The van der Waals surface area contributed by atoms with Crippen molar-refractivity contribution < 1.29 is 0 Å². The predicted octanol–water partition coefficient (Wildman–Crippen LogP) is 5.55. The van der Waals surface area contributed by atoms with Gasteiger partial charge in [0.05, 0.1) is 0 Å². The Hall–Kier alpha value is -0.460. The van der Waals surface area contributed by atoms with Gasteiger partial charge >= 0.3 is 0 Å². The van der Waals surface area contributed by atoms with Crippen LogP contribution in [0.25, 0.3) is 0 Å². The number of unbranched alkanes of at least 4 members (excludes halogenated alkanes) is 9. The first-order valence-electron chi connectivity index (χ1n) is 7.60. The van der Waals surface area contributed by atoms with Crippen molar-refractivity contribution in [3.8, 4) is 0 Å². The molecule has 0 spiro atoms. The number of allylic oxidation sites excluding steroid dienone is 2. The van der Waals surface area contributed by atoms with Crippen molar-refractivity contribution in [2.45, 2.75) is 91.4 Å². The predicted molar refractivity (Wildman–Crippen MR) is 79.0 cm³/mol. The second-order valence-electron chi connectivity index (χ2n) is 5.46. The van der Waals surface area contributed by atoms with Gasteiger partial charge in [-0.15, -0.1) is 0 Å². The van der Waals surface area contributed by atoms with E-state index in [4.69, 9.17) is 5.73 Å². The van der Waals surface area contributed by atoms with Crippen LogP contribution in [0.1, 0.15) is 91.4 Å². The highest BCUT2D eigenvalue weighted by molar-refractivity contribution is 5.04. The summed E-state index contributed by atoms with van der Waals surface area (Å²) >= 11 is 0. The van der Waals surface area contributed by atoms with Crippen molar-refractivity contribution >= 4 is 0 Å². The van der Waals surface area contributed by atoms with Crippen LogP contribution in [0.4, 0.5) is 0 Å². The summed E-state index contributed by atoms with van der Waals surface area (Å²) in [6.45, 7) is 6.48. The van der Waals surface area contributed by atoms with Gasteiger partial charge in [0.2, 0.25) is 0 Å². The lowest BCUT2D eigenvalue weighted by Gasteiger charge is -2.04. The van der Waals surface area contributed by atoms with E-state index in [1.807, 2.05) is 0 Å². The quantitative estimate of drug-likeness (QED) is 0.470. The molecule has 0 saturated heterocycles. The molecule has 0 aliphatic heterocycles. The van der Waals surface area contributed by atoms with Crippen molar-refractivity contribution in [3.05, 3.63) is 11.3 Å². The zero-order chi connectivity index (χ0) is 12.9. The van der Waals surface area contributed by atoms with Crippen LogP contribution in [0.5, 0.6) is 0 Å². The Morgan fingerprint density at radius 2 is 1.12 bits per heavy atom. The lowest BCUT2D eigenvalue weighted by molar-refractivity contribution is 0.555. The van der Waals surface area contributed by atoms with Crippen LogP contribution >= 0.6 is 0 Å². The van der Waals surface area contributed by atoms with Crippen molar-refractivity contribution in [2.24, 2.45) is 5.73 Å². The van der Waals surface area contributed by atoms with Crippen molar-refractivity contribution in [1.29, 1.82) is 0 Å². The summed E-state index contributed by atoms with van der Waals surface area (Å²) in [4.78, 5) is 0. The van der Waals surface area contributed by atoms with Gasteiger partial charge in [0.15, 0.2) is 0 Å². The van der Waals surface area contributed by atoms with Crippen LogP contribution in [0, 0.1) is 0 Å². The van der Waals surface area contributed by atoms with Gasteiger partial charge in [-0.25, -0.2) is 0 Å². The van der Waals surface area contributed by atoms with Gasteiger partial charge in [-0.3, -0.25) is 0 Å². The van der Waals surface area contributed by atoms with Gasteiger partial charge in [0.25, 0.3) is 0 Å². The highest BCUT2D eigenvalue weighted by atomic mass is 14.6. The minimum atomic E-state index is 1.10. The Kier molecular flexibility index (Phi) is 11.7. The molecule has 0 atom stereocenters.